The highest BCUT2D eigenvalue weighted by molar-refractivity contribution is 7.93. The zero-order valence-electron chi connectivity index (χ0n) is 14.9. The minimum atomic E-state index is -3.96. The number of nitrogens with zero attached hydrogens (tertiary/aromatic N) is 3. The number of sulfonamides is 1. The first-order chi connectivity index (χ1) is 13.9. The summed E-state index contributed by atoms with van der Waals surface area (Å²) in [5, 5.41) is 5.46. The molecule has 0 atom stereocenters. The van der Waals surface area contributed by atoms with Gasteiger partial charge in [0.2, 0.25) is 5.82 Å². The summed E-state index contributed by atoms with van der Waals surface area (Å²) in [6, 6.07) is 12.1. The second-order valence-corrected chi connectivity index (χ2v) is 8.85. The number of halogens is 2. The fraction of sp³-hybridized carbons (Fsp3) is 0.0526. The van der Waals surface area contributed by atoms with Gasteiger partial charge in [-0.15, -0.1) is 11.3 Å². The zero-order chi connectivity index (χ0) is 20.6. The molecule has 0 bridgehead atoms. The van der Waals surface area contributed by atoms with E-state index in [1.54, 1.807) is 5.38 Å². The first-order valence-corrected chi connectivity index (χ1v) is 10.6. The van der Waals surface area contributed by atoms with E-state index in [1.807, 2.05) is 0 Å². The van der Waals surface area contributed by atoms with Crippen molar-refractivity contribution in [2.45, 2.75) is 4.90 Å². The molecule has 6 nitrogen and oxygen atoms in total. The molecule has 10 heteroatoms. The third-order valence-electron chi connectivity index (χ3n) is 4.18. The molecule has 0 spiro atoms. The first-order valence-electron chi connectivity index (χ1n) is 8.28. The molecule has 0 saturated carbocycles. The Morgan fingerprint density at radius 2 is 1.59 bits per heavy atom. The average molecular weight is 433 g/mol. The number of anilines is 1. The topological polar surface area (TPSA) is 76.3 Å². The summed E-state index contributed by atoms with van der Waals surface area (Å²) in [5.41, 5.74) is 0.840. The molecule has 2 aromatic heterocycles. The normalized spacial score (nSPS) is 11.6. The summed E-state index contributed by atoms with van der Waals surface area (Å²) in [6.07, 6.45) is 0. The lowest BCUT2D eigenvalue weighted by atomic mass is 10.2. The highest BCUT2D eigenvalue weighted by Gasteiger charge is 2.28. The maximum atomic E-state index is 13.2. The Morgan fingerprint density at radius 1 is 0.966 bits per heavy atom. The van der Waals surface area contributed by atoms with Crippen LogP contribution < -0.4 is 4.31 Å². The van der Waals surface area contributed by atoms with Crippen molar-refractivity contribution in [3.63, 3.8) is 0 Å². The van der Waals surface area contributed by atoms with E-state index < -0.39 is 21.7 Å². The van der Waals surface area contributed by atoms with Crippen LogP contribution in [0, 0.1) is 11.6 Å². The summed E-state index contributed by atoms with van der Waals surface area (Å²) < 4.78 is 58.7. The van der Waals surface area contributed by atoms with Crippen molar-refractivity contribution < 1.29 is 21.7 Å². The van der Waals surface area contributed by atoms with Crippen LogP contribution in [0.2, 0.25) is 0 Å². The summed E-state index contributed by atoms with van der Waals surface area (Å²) in [4.78, 5) is 4.52. The molecule has 148 valence electrons. The number of thiophene rings is 1. The largest absolute Gasteiger partial charge is 0.333 e. The van der Waals surface area contributed by atoms with E-state index in [1.165, 1.54) is 61.6 Å². The van der Waals surface area contributed by atoms with Gasteiger partial charge in [0.05, 0.1) is 5.69 Å². The minimum Gasteiger partial charge on any atom is -0.333 e. The Labute approximate surface area is 169 Å². The van der Waals surface area contributed by atoms with Crippen molar-refractivity contribution in [3.8, 4) is 22.2 Å². The summed E-state index contributed by atoms with van der Waals surface area (Å²) >= 11 is 1.13. The second kappa shape index (κ2) is 7.37. The molecule has 0 unspecified atom stereocenters. The van der Waals surface area contributed by atoms with Gasteiger partial charge in [0.25, 0.3) is 15.9 Å². The van der Waals surface area contributed by atoms with E-state index in [2.05, 4.69) is 10.1 Å². The Kier molecular flexibility index (Phi) is 4.89. The molecule has 0 aliphatic carbocycles. The number of hydrogen-bond donors (Lipinski definition) is 0. The van der Waals surface area contributed by atoms with Crippen LogP contribution in [0.4, 0.5) is 14.5 Å². The van der Waals surface area contributed by atoms with Crippen molar-refractivity contribution >= 4 is 27.0 Å². The molecule has 0 N–H and O–H groups in total. The molecule has 0 fully saturated rings. The van der Waals surface area contributed by atoms with Gasteiger partial charge in [-0.1, -0.05) is 5.16 Å². The van der Waals surface area contributed by atoms with E-state index in [0.29, 0.717) is 11.3 Å². The minimum absolute atomic E-state index is 0.0105. The first kappa shape index (κ1) is 19.2. The van der Waals surface area contributed by atoms with Crippen molar-refractivity contribution in [3.05, 3.63) is 71.6 Å². The van der Waals surface area contributed by atoms with Crippen LogP contribution in [0.3, 0.4) is 0 Å². The van der Waals surface area contributed by atoms with Crippen LogP contribution >= 0.6 is 11.3 Å². The van der Waals surface area contributed by atoms with E-state index in [9.17, 15) is 17.2 Å². The lowest BCUT2D eigenvalue weighted by Crippen LogP contribution is -2.26. The number of benzene rings is 2. The Morgan fingerprint density at radius 3 is 2.24 bits per heavy atom. The van der Waals surface area contributed by atoms with Gasteiger partial charge < -0.3 is 4.52 Å². The predicted molar refractivity (Wildman–Crippen MR) is 105 cm³/mol. The standard InChI is InChI=1S/C19H13F2N3O3S2/c1-24(15-8-6-14(21)7-9-15)29(25,26)16-10-11-28-17(16)19-22-18(23-27-19)12-2-4-13(20)5-3-12/h2-11H,1H3. The second-order valence-electron chi connectivity index (χ2n) is 5.99. The Hall–Kier alpha value is -3.11. The maximum absolute atomic E-state index is 13.2. The maximum Gasteiger partial charge on any atom is 0.269 e. The molecule has 0 aliphatic rings. The van der Waals surface area contributed by atoms with Crippen LogP contribution in [0.15, 0.2) is 69.4 Å². The molecule has 0 radical (unpaired) electrons. The van der Waals surface area contributed by atoms with Crippen LogP contribution in [0.25, 0.3) is 22.2 Å². The number of hydrogen-bond acceptors (Lipinski definition) is 6. The van der Waals surface area contributed by atoms with Gasteiger partial charge in [-0.25, -0.2) is 17.2 Å². The molecule has 2 heterocycles. The lowest BCUT2D eigenvalue weighted by Gasteiger charge is -2.19. The van der Waals surface area contributed by atoms with Crippen LogP contribution in [0.1, 0.15) is 0 Å². The van der Waals surface area contributed by atoms with Crippen molar-refractivity contribution in [2.75, 3.05) is 11.4 Å². The third kappa shape index (κ3) is 3.64. The van der Waals surface area contributed by atoms with Gasteiger partial charge in [0, 0.05) is 12.6 Å². The van der Waals surface area contributed by atoms with Gasteiger partial charge in [-0.2, -0.15) is 4.98 Å². The van der Waals surface area contributed by atoms with Crippen molar-refractivity contribution in [2.24, 2.45) is 0 Å². The summed E-state index contributed by atoms with van der Waals surface area (Å²) in [5.74, 6) is -0.614. The van der Waals surface area contributed by atoms with Gasteiger partial charge in [-0.3, -0.25) is 4.31 Å². The van der Waals surface area contributed by atoms with E-state index in [0.717, 1.165) is 15.6 Å². The van der Waals surface area contributed by atoms with Gasteiger partial charge in [-0.05, 0) is 60.0 Å². The fourth-order valence-electron chi connectivity index (χ4n) is 2.63. The molecule has 29 heavy (non-hydrogen) atoms. The number of rotatable bonds is 5. The van der Waals surface area contributed by atoms with Gasteiger partial charge in [0.1, 0.15) is 21.4 Å². The zero-order valence-corrected chi connectivity index (χ0v) is 16.5. The third-order valence-corrected chi connectivity index (χ3v) is 7.04. The smallest absolute Gasteiger partial charge is 0.269 e. The van der Waals surface area contributed by atoms with Gasteiger partial charge in [0.15, 0.2) is 0 Å². The predicted octanol–water partition coefficient (Wildman–Crippen LogP) is 4.57. The van der Waals surface area contributed by atoms with Crippen LogP contribution in [-0.4, -0.2) is 25.6 Å². The molecular weight excluding hydrogens is 420 g/mol. The van der Waals surface area contributed by atoms with Crippen molar-refractivity contribution in [1.82, 2.24) is 10.1 Å². The molecule has 4 aromatic rings. The van der Waals surface area contributed by atoms with Crippen molar-refractivity contribution in [1.29, 1.82) is 0 Å². The SMILES string of the molecule is CN(c1ccc(F)cc1)S(=O)(=O)c1ccsc1-c1nc(-c2ccc(F)cc2)no1. The Bertz CT molecular complexity index is 1250. The summed E-state index contributed by atoms with van der Waals surface area (Å²) in [6.45, 7) is 0. The highest BCUT2D eigenvalue weighted by atomic mass is 32.2. The van der Waals surface area contributed by atoms with E-state index >= 15 is 0 Å². The Balaban J connectivity index is 1.70. The molecule has 2 aromatic carbocycles. The fourth-order valence-corrected chi connectivity index (χ4v) is 5.14. The van der Waals surface area contributed by atoms with Crippen LogP contribution in [0.5, 0.6) is 0 Å². The average Bonchev–Trinajstić information content (AvgIpc) is 3.38. The lowest BCUT2D eigenvalue weighted by molar-refractivity contribution is 0.432. The van der Waals surface area contributed by atoms with E-state index in [4.69, 9.17) is 4.52 Å². The molecule has 0 amide bonds. The quantitative estimate of drug-likeness (QED) is 0.461. The molecule has 0 aliphatic heterocycles. The molecule has 0 saturated heterocycles. The van der Waals surface area contributed by atoms with Crippen LogP contribution in [-0.2, 0) is 10.0 Å². The van der Waals surface area contributed by atoms with Gasteiger partial charge >= 0.3 is 0 Å². The highest BCUT2D eigenvalue weighted by Crippen LogP contribution is 2.35. The number of aromatic nitrogens is 2. The molecule has 4 rings (SSSR count). The molecular formula is C19H13F2N3O3S2. The monoisotopic (exact) mass is 433 g/mol. The summed E-state index contributed by atoms with van der Waals surface area (Å²) in [7, 11) is -2.58. The van der Waals surface area contributed by atoms with E-state index in [-0.39, 0.29) is 21.5 Å².